The lowest BCUT2D eigenvalue weighted by molar-refractivity contribution is -0.116. The van der Waals surface area contributed by atoms with Gasteiger partial charge in [0.05, 0.1) is 12.1 Å². The van der Waals surface area contributed by atoms with E-state index in [1.165, 1.54) is 29.2 Å². The Hall–Kier alpha value is -3.15. The number of hydrogen-bond acceptors (Lipinski definition) is 2. The van der Waals surface area contributed by atoms with Gasteiger partial charge in [-0.15, -0.1) is 0 Å². The van der Waals surface area contributed by atoms with Crippen molar-refractivity contribution in [1.82, 2.24) is 9.88 Å². The van der Waals surface area contributed by atoms with Gasteiger partial charge in [0.25, 0.3) is 5.91 Å². The molecule has 0 radical (unpaired) electrons. The number of anilines is 1. The molecule has 1 heterocycles. The molecule has 5 nitrogen and oxygen atoms in total. The van der Waals surface area contributed by atoms with Crippen LogP contribution in [0.4, 0.5) is 10.1 Å². The van der Waals surface area contributed by atoms with Crippen LogP contribution >= 0.6 is 0 Å². The lowest BCUT2D eigenvalue weighted by atomic mass is 10.1. The topological polar surface area (TPSA) is 65.2 Å². The van der Waals surface area contributed by atoms with Crippen molar-refractivity contribution in [2.24, 2.45) is 0 Å². The van der Waals surface area contributed by atoms with Gasteiger partial charge in [-0.3, -0.25) is 9.59 Å². The van der Waals surface area contributed by atoms with Crippen molar-refractivity contribution in [3.8, 4) is 0 Å². The Kier molecular flexibility index (Phi) is 4.29. The summed E-state index contributed by atoms with van der Waals surface area (Å²) in [5, 5.41) is 3.44. The summed E-state index contributed by atoms with van der Waals surface area (Å²) in [6.07, 6.45) is 1.64. The first kappa shape index (κ1) is 15.7. The lowest BCUT2D eigenvalue weighted by Gasteiger charge is -2.16. The number of para-hydroxylation sites is 1. The van der Waals surface area contributed by atoms with Crippen molar-refractivity contribution in [3.05, 3.63) is 66.1 Å². The number of nitrogens with zero attached hydrogens (tertiary/aromatic N) is 1. The summed E-state index contributed by atoms with van der Waals surface area (Å²) < 4.78 is 12.9. The predicted octanol–water partition coefficient (Wildman–Crippen LogP) is 3.02. The van der Waals surface area contributed by atoms with E-state index in [4.69, 9.17) is 0 Å². The molecule has 2 aromatic carbocycles. The van der Waals surface area contributed by atoms with Gasteiger partial charge in [0.15, 0.2) is 0 Å². The number of carbonyl (C=O) groups excluding carboxylic acids is 2. The molecule has 0 spiro atoms. The van der Waals surface area contributed by atoms with Crippen LogP contribution in [0.5, 0.6) is 0 Å². The van der Waals surface area contributed by atoms with Crippen molar-refractivity contribution >= 4 is 28.4 Å². The second-order valence-electron chi connectivity index (χ2n) is 5.46. The number of benzene rings is 2. The first-order chi connectivity index (χ1) is 11.5. The Bertz CT molecular complexity index is 887. The van der Waals surface area contributed by atoms with E-state index in [0.717, 1.165) is 10.9 Å². The predicted molar refractivity (Wildman–Crippen MR) is 90.3 cm³/mol. The van der Waals surface area contributed by atoms with Gasteiger partial charge in [0, 0.05) is 29.8 Å². The zero-order valence-electron chi connectivity index (χ0n) is 13.0. The lowest BCUT2D eigenvalue weighted by Crippen LogP contribution is -2.34. The molecule has 24 heavy (non-hydrogen) atoms. The molecule has 0 fully saturated rings. The van der Waals surface area contributed by atoms with Gasteiger partial charge in [0.1, 0.15) is 5.82 Å². The van der Waals surface area contributed by atoms with E-state index in [0.29, 0.717) is 11.3 Å². The van der Waals surface area contributed by atoms with Crippen LogP contribution in [0.25, 0.3) is 10.9 Å². The van der Waals surface area contributed by atoms with Crippen molar-refractivity contribution in [2.45, 2.75) is 0 Å². The number of nitrogens with one attached hydrogen (secondary N) is 2. The molecule has 0 aliphatic rings. The number of H-pyrrole nitrogens is 1. The first-order valence-corrected chi connectivity index (χ1v) is 7.41. The van der Waals surface area contributed by atoms with Crippen molar-refractivity contribution in [2.75, 3.05) is 18.9 Å². The summed E-state index contributed by atoms with van der Waals surface area (Å²) in [7, 11) is 1.56. The Morgan fingerprint density at radius 3 is 2.58 bits per heavy atom. The van der Waals surface area contributed by atoms with Crippen molar-refractivity contribution < 1.29 is 14.0 Å². The fourth-order valence-corrected chi connectivity index (χ4v) is 2.48. The molecule has 0 unspecified atom stereocenters. The minimum Gasteiger partial charge on any atom is -0.360 e. The van der Waals surface area contributed by atoms with Crippen LogP contribution in [0.15, 0.2) is 54.7 Å². The molecule has 3 aromatic rings. The Morgan fingerprint density at radius 1 is 1.12 bits per heavy atom. The first-order valence-electron chi connectivity index (χ1n) is 7.41. The standard InChI is InChI=1S/C18H16FN3O2/c1-22(11-17(23)21-13-8-6-12(19)7-9-13)18(24)15-10-20-16-5-3-2-4-14(15)16/h2-10,20H,11H2,1H3,(H,21,23). The summed E-state index contributed by atoms with van der Waals surface area (Å²) in [5.74, 6) is -0.973. The maximum Gasteiger partial charge on any atom is 0.256 e. The molecule has 0 saturated heterocycles. The Labute approximate surface area is 138 Å². The number of fused-ring (bicyclic) bond motifs is 1. The molecule has 1 aromatic heterocycles. The number of halogens is 1. The van der Waals surface area contributed by atoms with Gasteiger partial charge in [0.2, 0.25) is 5.91 Å². The zero-order chi connectivity index (χ0) is 17.1. The summed E-state index contributed by atoms with van der Waals surface area (Å²) in [6, 6.07) is 12.9. The van der Waals surface area contributed by atoms with E-state index in [1.54, 1.807) is 13.2 Å². The zero-order valence-corrected chi connectivity index (χ0v) is 13.0. The van der Waals surface area contributed by atoms with Gasteiger partial charge in [-0.05, 0) is 30.3 Å². The van der Waals surface area contributed by atoms with E-state index in [-0.39, 0.29) is 24.2 Å². The van der Waals surface area contributed by atoms with E-state index in [1.807, 2.05) is 24.3 Å². The molecule has 122 valence electrons. The number of carbonyl (C=O) groups is 2. The molecule has 6 heteroatoms. The maximum atomic E-state index is 12.9. The highest BCUT2D eigenvalue weighted by molar-refractivity contribution is 6.08. The molecule has 3 rings (SSSR count). The second-order valence-corrected chi connectivity index (χ2v) is 5.46. The monoisotopic (exact) mass is 325 g/mol. The van der Waals surface area contributed by atoms with Crippen LogP contribution in [0.3, 0.4) is 0 Å². The van der Waals surface area contributed by atoms with Crippen LogP contribution in [0.2, 0.25) is 0 Å². The molecular weight excluding hydrogens is 309 g/mol. The van der Waals surface area contributed by atoms with Crippen LogP contribution in [0, 0.1) is 5.82 Å². The summed E-state index contributed by atoms with van der Waals surface area (Å²) >= 11 is 0. The smallest absolute Gasteiger partial charge is 0.256 e. The third-order valence-corrected chi connectivity index (χ3v) is 3.68. The quantitative estimate of drug-likeness (QED) is 0.774. The summed E-state index contributed by atoms with van der Waals surface area (Å²) in [6.45, 7) is -0.101. The molecule has 0 atom stereocenters. The normalized spacial score (nSPS) is 10.6. The van der Waals surface area contributed by atoms with Gasteiger partial charge in [-0.25, -0.2) is 4.39 Å². The van der Waals surface area contributed by atoms with Gasteiger partial charge in [-0.2, -0.15) is 0 Å². The fraction of sp³-hybridized carbons (Fsp3) is 0.111. The van der Waals surface area contributed by atoms with Crippen LogP contribution in [0.1, 0.15) is 10.4 Å². The number of aromatic nitrogens is 1. The van der Waals surface area contributed by atoms with Crippen LogP contribution in [-0.4, -0.2) is 35.3 Å². The Morgan fingerprint density at radius 2 is 1.83 bits per heavy atom. The average Bonchev–Trinajstić information content (AvgIpc) is 3.00. The highest BCUT2D eigenvalue weighted by Crippen LogP contribution is 2.19. The number of aromatic amines is 1. The van der Waals surface area contributed by atoms with Crippen molar-refractivity contribution in [1.29, 1.82) is 0 Å². The van der Waals surface area contributed by atoms with E-state index in [2.05, 4.69) is 10.3 Å². The third kappa shape index (κ3) is 3.27. The van der Waals surface area contributed by atoms with E-state index in [9.17, 15) is 14.0 Å². The summed E-state index contributed by atoms with van der Waals surface area (Å²) in [5.41, 5.74) is 1.86. The highest BCUT2D eigenvalue weighted by atomic mass is 19.1. The molecule has 2 amide bonds. The molecule has 0 aliphatic carbocycles. The highest BCUT2D eigenvalue weighted by Gasteiger charge is 2.18. The fourth-order valence-electron chi connectivity index (χ4n) is 2.48. The molecule has 0 aliphatic heterocycles. The molecular formula is C18H16FN3O2. The van der Waals surface area contributed by atoms with E-state index < -0.39 is 0 Å². The number of amides is 2. The van der Waals surface area contributed by atoms with E-state index >= 15 is 0 Å². The minimum atomic E-state index is -0.375. The maximum absolute atomic E-state index is 12.9. The van der Waals surface area contributed by atoms with Crippen LogP contribution < -0.4 is 5.32 Å². The van der Waals surface area contributed by atoms with Gasteiger partial charge >= 0.3 is 0 Å². The molecule has 0 saturated carbocycles. The third-order valence-electron chi connectivity index (χ3n) is 3.68. The SMILES string of the molecule is CN(CC(=O)Nc1ccc(F)cc1)C(=O)c1c[nH]c2ccccc12. The van der Waals surface area contributed by atoms with Gasteiger partial charge in [-0.1, -0.05) is 18.2 Å². The van der Waals surface area contributed by atoms with Crippen LogP contribution in [-0.2, 0) is 4.79 Å². The second kappa shape index (κ2) is 6.54. The number of rotatable bonds is 4. The summed E-state index contributed by atoms with van der Waals surface area (Å²) in [4.78, 5) is 28.9. The minimum absolute atomic E-state index is 0.101. The van der Waals surface area contributed by atoms with Gasteiger partial charge < -0.3 is 15.2 Å². The molecule has 2 N–H and O–H groups in total. The molecule has 0 bridgehead atoms. The Balaban J connectivity index is 1.67. The number of likely N-dealkylation sites (N-methyl/N-ethyl adjacent to an activating group) is 1. The largest absolute Gasteiger partial charge is 0.360 e. The van der Waals surface area contributed by atoms with Crippen molar-refractivity contribution in [3.63, 3.8) is 0 Å². The number of hydrogen-bond donors (Lipinski definition) is 2. The average molecular weight is 325 g/mol.